The average molecular weight is 329 g/mol. The lowest BCUT2D eigenvalue weighted by Crippen LogP contribution is -2.21. The Hall–Kier alpha value is -0.840. The number of aryl methyl sites for hydroxylation is 1. The zero-order chi connectivity index (χ0) is 13.1. The molecule has 5 heteroatoms. The largest absolute Gasteiger partial charge is 0.334 e. The first-order chi connectivity index (χ1) is 8.65. The lowest BCUT2D eigenvalue weighted by Gasteiger charge is -2.18. The molecule has 0 fully saturated rings. The van der Waals surface area contributed by atoms with E-state index in [1.807, 2.05) is 31.6 Å². The zero-order valence-corrected chi connectivity index (χ0v) is 12.7. The molecule has 1 N–H and O–H groups in total. The van der Waals surface area contributed by atoms with Gasteiger partial charge in [0.15, 0.2) is 0 Å². The van der Waals surface area contributed by atoms with E-state index in [4.69, 9.17) is 11.6 Å². The summed E-state index contributed by atoms with van der Waals surface area (Å²) >= 11 is 9.57. The molecule has 0 aliphatic carbocycles. The molecular weight excluding hydrogens is 314 g/mol. The van der Waals surface area contributed by atoms with Gasteiger partial charge in [-0.3, -0.25) is 0 Å². The summed E-state index contributed by atoms with van der Waals surface area (Å²) in [5.41, 5.74) is 1.10. The summed E-state index contributed by atoms with van der Waals surface area (Å²) in [5, 5.41) is 4.00. The highest BCUT2D eigenvalue weighted by Gasteiger charge is 2.17. The predicted molar refractivity (Wildman–Crippen MR) is 78.0 cm³/mol. The van der Waals surface area contributed by atoms with Crippen LogP contribution in [0.15, 0.2) is 35.1 Å². The molecule has 2 aromatic rings. The second-order valence-electron chi connectivity index (χ2n) is 4.00. The minimum absolute atomic E-state index is 0.0370. The lowest BCUT2D eigenvalue weighted by molar-refractivity contribution is 0.590. The van der Waals surface area contributed by atoms with Crippen LogP contribution in [-0.2, 0) is 6.54 Å². The highest BCUT2D eigenvalue weighted by molar-refractivity contribution is 9.10. The summed E-state index contributed by atoms with van der Waals surface area (Å²) < 4.78 is 3.09. The molecule has 0 spiro atoms. The molecule has 0 bridgehead atoms. The smallest absolute Gasteiger partial charge is 0.130 e. The molecule has 0 aliphatic rings. The summed E-state index contributed by atoms with van der Waals surface area (Å²) in [6.07, 6.45) is 3.81. The molecule has 1 aromatic heterocycles. The first kappa shape index (κ1) is 13.6. The average Bonchev–Trinajstić information content (AvgIpc) is 2.77. The van der Waals surface area contributed by atoms with E-state index in [1.165, 1.54) is 0 Å². The second-order valence-corrected chi connectivity index (χ2v) is 5.35. The van der Waals surface area contributed by atoms with Crippen LogP contribution < -0.4 is 5.32 Å². The fourth-order valence-electron chi connectivity index (χ4n) is 2.04. The number of hydrogen-bond donors (Lipinski definition) is 1. The van der Waals surface area contributed by atoms with Crippen molar-refractivity contribution in [1.29, 1.82) is 0 Å². The quantitative estimate of drug-likeness (QED) is 0.929. The van der Waals surface area contributed by atoms with Crippen LogP contribution in [0.5, 0.6) is 0 Å². The molecule has 1 heterocycles. The molecule has 0 saturated carbocycles. The molecule has 0 aliphatic heterocycles. The molecule has 18 heavy (non-hydrogen) atoms. The van der Waals surface area contributed by atoms with Crippen molar-refractivity contribution in [3.05, 3.63) is 51.5 Å². The van der Waals surface area contributed by atoms with E-state index < -0.39 is 0 Å². The highest BCUT2D eigenvalue weighted by Crippen LogP contribution is 2.27. The van der Waals surface area contributed by atoms with Crippen LogP contribution in [0.1, 0.15) is 24.4 Å². The predicted octanol–water partition coefficient (Wildman–Crippen LogP) is 3.63. The Labute approximate surface area is 120 Å². The van der Waals surface area contributed by atoms with Gasteiger partial charge < -0.3 is 9.88 Å². The van der Waals surface area contributed by atoms with Crippen LogP contribution in [-0.4, -0.2) is 16.6 Å². The fourth-order valence-corrected chi connectivity index (χ4v) is 2.92. The Morgan fingerprint density at radius 3 is 2.83 bits per heavy atom. The van der Waals surface area contributed by atoms with Crippen LogP contribution >= 0.6 is 27.5 Å². The van der Waals surface area contributed by atoms with Gasteiger partial charge in [-0.15, -0.1) is 0 Å². The van der Waals surface area contributed by atoms with Crippen molar-refractivity contribution in [3.63, 3.8) is 0 Å². The minimum Gasteiger partial charge on any atom is -0.334 e. The van der Waals surface area contributed by atoms with Gasteiger partial charge in [0.2, 0.25) is 0 Å². The van der Waals surface area contributed by atoms with Gasteiger partial charge >= 0.3 is 0 Å². The number of benzene rings is 1. The van der Waals surface area contributed by atoms with Crippen molar-refractivity contribution >= 4 is 27.5 Å². The highest BCUT2D eigenvalue weighted by atomic mass is 79.9. The van der Waals surface area contributed by atoms with Gasteiger partial charge in [0, 0.05) is 28.4 Å². The summed E-state index contributed by atoms with van der Waals surface area (Å²) in [7, 11) is 1.92. The number of nitrogens with zero attached hydrogens (tertiary/aromatic N) is 2. The van der Waals surface area contributed by atoms with Gasteiger partial charge in [-0.1, -0.05) is 27.5 Å². The number of rotatable bonds is 4. The van der Waals surface area contributed by atoms with Gasteiger partial charge in [-0.2, -0.15) is 0 Å². The Morgan fingerprint density at radius 2 is 2.22 bits per heavy atom. The molecular formula is C13H15BrClN3. The summed E-state index contributed by atoms with van der Waals surface area (Å²) in [6, 6.07) is 5.93. The molecule has 96 valence electrons. The fraction of sp³-hybridized carbons (Fsp3) is 0.308. The topological polar surface area (TPSA) is 29.9 Å². The SMILES string of the molecule is CCn1ccnc1C(NC)c1cc(Cl)cc(Br)c1. The molecule has 3 nitrogen and oxygen atoms in total. The number of imidazole rings is 1. The number of hydrogen-bond acceptors (Lipinski definition) is 2. The van der Waals surface area contributed by atoms with Gasteiger partial charge in [0.1, 0.15) is 5.82 Å². The monoisotopic (exact) mass is 327 g/mol. The van der Waals surface area contributed by atoms with Crippen molar-refractivity contribution < 1.29 is 0 Å². The van der Waals surface area contributed by atoms with Gasteiger partial charge in [-0.05, 0) is 37.7 Å². The number of halogens is 2. The molecule has 1 atom stereocenters. The maximum atomic E-state index is 6.10. The normalized spacial score (nSPS) is 12.7. The van der Waals surface area contributed by atoms with Crippen LogP contribution in [0.3, 0.4) is 0 Å². The van der Waals surface area contributed by atoms with E-state index in [0.29, 0.717) is 5.02 Å². The molecule has 2 rings (SSSR count). The van der Waals surface area contributed by atoms with E-state index in [1.54, 1.807) is 0 Å². The maximum Gasteiger partial charge on any atom is 0.130 e. The van der Waals surface area contributed by atoms with E-state index in [2.05, 4.69) is 43.8 Å². The Morgan fingerprint density at radius 1 is 1.44 bits per heavy atom. The third-order valence-corrected chi connectivity index (χ3v) is 3.53. The van der Waals surface area contributed by atoms with Crippen LogP contribution in [0, 0.1) is 0 Å². The molecule has 0 radical (unpaired) electrons. The maximum absolute atomic E-state index is 6.10. The van der Waals surface area contributed by atoms with E-state index in [-0.39, 0.29) is 6.04 Å². The molecule has 1 aromatic carbocycles. The molecule has 0 amide bonds. The van der Waals surface area contributed by atoms with Crippen molar-refractivity contribution in [2.75, 3.05) is 7.05 Å². The van der Waals surface area contributed by atoms with Crippen molar-refractivity contribution in [2.24, 2.45) is 0 Å². The summed E-state index contributed by atoms with van der Waals surface area (Å²) in [4.78, 5) is 4.44. The third kappa shape index (κ3) is 2.76. The van der Waals surface area contributed by atoms with Crippen molar-refractivity contribution in [3.8, 4) is 0 Å². The first-order valence-corrected chi connectivity index (χ1v) is 6.97. The van der Waals surface area contributed by atoms with E-state index in [0.717, 1.165) is 22.4 Å². The van der Waals surface area contributed by atoms with E-state index >= 15 is 0 Å². The second kappa shape index (κ2) is 5.87. The Balaban J connectivity index is 2.45. The van der Waals surface area contributed by atoms with Crippen LogP contribution in [0.4, 0.5) is 0 Å². The zero-order valence-electron chi connectivity index (χ0n) is 10.3. The number of aromatic nitrogens is 2. The summed E-state index contributed by atoms with van der Waals surface area (Å²) in [6.45, 7) is 3.00. The van der Waals surface area contributed by atoms with Gasteiger partial charge in [-0.25, -0.2) is 4.98 Å². The van der Waals surface area contributed by atoms with Crippen LogP contribution in [0.2, 0.25) is 5.02 Å². The summed E-state index contributed by atoms with van der Waals surface area (Å²) in [5.74, 6) is 0.995. The lowest BCUT2D eigenvalue weighted by atomic mass is 10.1. The standard InChI is InChI=1S/C13H15BrClN3/c1-3-18-5-4-17-13(18)12(16-2)9-6-10(14)8-11(15)7-9/h4-8,12,16H,3H2,1-2H3. The van der Waals surface area contributed by atoms with Gasteiger partial charge in [0.25, 0.3) is 0 Å². The minimum atomic E-state index is 0.0370. The molecule has 1 unspecified atom stereocenters. The van der Waals surface area contributed by atoms with Gasteiger partial charge in [0.05, 0.1) is 6.04 Å². The van der Waals surface area contributed by atoms with E-state index in [9.17, 15) is 0 Å². The Bertz CT molecular complexity index is 519. The number of nitrogens with one attached hydrogen (secondary N) is 1. The van der Waals surface area contributed by atoms with Crippen molar-refractivity contribution in [2.45, 2.75) is 19.5 Å². The van der Waals surface area contributed by atoms with Crippen molar-refractivity contribution in [1.82, 2.24) is 14.9 Å². The third-order valence-electron chi connectivity index (χ3n) is 2.85. The Kier molecular flexibility index (Phi) is 4.43. The first-order valence-electron chi connectivity index (χ1n) is 5.80. The van der Waals surface area contributed by atoms with Crippen LogP contribution in [0.25, 0.3) is 0 Å². The molecule has 0 saturated heterocycles.